The zero-order valence-corrected chi connectivity index (χ0v) is 15.0. The highest BCUT2D eigenvalue weighted by molar-refractivity contribution is 8.15. The van der Waals surface area contributed by atoms with Gasteiger partial charge in [-0.3, -0.25) is 9.59 Å². The molecule has 0 spiro atoms. The van der Waals surface area contributed by atoms with E-state index in [0.29, 0.717) is 15.9 Å². The Morgan fingerprint density at radius 1 is 1.24 bits per heavy atom. The van der Waals surface area contributed by atoms with E-state index < -0.39 is 5.25 Å². The molecule has 1 aliphatic heterocycles. The minimum Gasteiger partial charge on any atom is -0.326 e. The Labute approximate surface area is 154 Å². The number of hydrogen-bond acceptors (Lipinski definition) is 4. The van der Waals surface area contributed by atoms with Crippen LogP contribution < -0.4 is 10.6 Å². The van der Waals surface area contributed by atoms with E-state index in [0.717, 1.165) is 11.3 Å². The highest BCUT2D eigenvalue weighted by atomic mass is 35.5. The minimum absolute atomic E-state index is 0.0878. The molecule has 1 heterocycles. The lowest BCUT2D eigenvalue weighted by Gasteiger charge is -2.09. The quantitative estimate of drug-likeness (QED) is 0.853. The van der Waals surface area contributed by atoms with E-state index >= 15 is 0 Å². The van der Waals surface area contributed by atoms with Crippen LogP contribution in [0.4, 0.5) is 11.4 Å². The SMILES string of the molecule is Cc1ccccc1NC(=O)C[C@@H]1SC(=Nc2ccc(Cl)cc2)NC1=O. The summed E-state index contributed by atoms with van der Waals surface area (Å²) < 4.78 is 0. The number of aliphatic imine (C=N–C) groups is 1. The number of amidine groups is 1. The molecule has 0 unspecified atom stereocenters. The smallest absolute Gasteiger partial charge is 0.240 e. The first-order chi connectivity index (χ1) is 12.0. The summed E-state index contributed by atoms with van der Waals surface area (Å²) in [7, 11) is 0. The molecule has 0 saturated carbocycles. The molecule has 128 valence electrons. The third-order valence-electron chi connectivity index (χ3n) is 3.62. The first kappa shape index (κ1) is 17.5. The largest absolute Gasteiger partial charge is 0.326 e. The van der Waals surface area contributed by atoms with E-state index in [-0.39, 0.29) is 18.2 Å². The van der Waals surface area contributed by atoms with Gasteiger partial charge in [0.2, 0.25) is 11.8 Å². The number of nitrogens with zero attached hydrogens (tertiary/aromatic N) is 1. The van der Waals surface area contributed by atoms with Crippen molar-refractivity contribution in [3.63, 3.8) is 0 Å². The number of aryl methyl sites for hydroxylation is 1. The lowest BCUT2D eigenvalue weighted by atomic mass is 10.2. The van der Waals surface area contributed by atoms with E-state index in [2.05, 4.69) is 15.6 Å². The number of rotatable bonds is 4. The Morgan fingerprint density at radius 3 is 2.68 bits per heavy atom. The van der Waals surface area contributed by atoms with Crippen LogP contribution in [0.1, 0.15) is 12.0 Å². The summed E-state index contributed by atoms with van der Waals surface area (Å²) in [5.74, 6) is -0.410. The van der Waals surface area contributed by atoms with Gasteiger partial charge in [0, 0.05) is 17.1 Å². The van der Waals surface area contributed by atoms with Crippen molar-refractivity contribution in [3.05, 3.63) is 59.1 Å². The first-order valence-electron chi connectivity index (χ1n) is 7.68. The highest BCUT2D eigenvalue weighted by Crippen LogP contribution is 2.26. The van der Waals surface area contributed by atoms with Gasteiger partial charge in [0.1, 0.15) is 5.25 Å². The monoisotopic (exact) mass is 373 g/mol. The molecule has 2 aromatic rings. The highest BCUT2D eigenvalue weighted by Gasteiger charge is 2.32. The van der Waals surface area contributed by atoms with Gasteiger partial charge in [-0.05, 0) is 42.8 Å². The van der Waals surface area contributed by atoms with Crippen molar-refractivity contribution in [3.8, 4) is 0 Å². The zero-order chi connectivity index (χ0) is 17.8. The van der Waals surface area contributed by atoms with Crippen LogP contribution in [-0.2, 0) is 9.59 Å². The summed E-state index contributed by atoms with van der Waals surface area (Å²) in [5.41, 5.74) is 2.42. The number of para-hydroxylation sites is 1. The molecule has 2 aromatic carbocycles. The maximum atomic E-state index is 12.2. The Morgan fingerprint density at radius 2 is 1.96 bits per heavy atom. The second-order valence-electron chi connectivity index (χ2n) is 5.56. The Bertz CT molecular complexity index is 836. The van der Waals surface area contributed by atoms with Gasteiger partial charge in [-0.1, -0.05) is 41.6 Å². The lowest BCUT2D eigenvalue weighted by molar-refractivity contribution is -0.122. The van der Waals surface area contributed by atoms with Crippen LogP contribution in [0.3, 0.4) is 0 Å². The molecule has 1 saturated heterocycles. The van der Waals surface area contributed by atoms with Crippen LogP contribution in [0, 0.1) is 6.92 Å². The second-order valence-corrected chi connectivity index (χ2v) is 7.18. The van der Waals surface area contributed by atoms with Crippen LogP contribution in [0.2, 0.25) is 5.02 Å². The topological polar surface area (TPSA) is 70.6 Å². The average molecular weight is 374 g/mol. The normalized spacial score (nSPS) is 18.2. The molecule has 1 fully saturated rings. The number of thioether (sulfide) groups is 1. The maximum absolute atomic E-state index is 12.2. The molecule has 3 rings (SSSR count). The number of nitrogens with one attached hydrogen (secondary N) is 2. The van der Waals surface area contributed by atoms with E-state index in [1.165, 1.54) is 11.8 Å². The molecule has 0 aliphatic carbocycles. The fourth-order valence-electron chi connectivity index (χ4n) is 2.31. The van der Waals surface area contributed by atoms with Crippen LogP contribution in [0.25, 0.3) is 0 Å². The molecule has 0 bridgehead atoms. The van der Waals surface area contributed by atoms with Gasteiger partial charge < -0.3 is 10.6 Å². The first-order valence-corrected chi connectivity index (χ1v) is 8.94. The summed E-state index contributed by atoms with van der Waals surface area (Å²) in [6.45, 7) is 1.92. The molecule has 0 aromatic heterocycles. The van der Waals surface area contributed by atoms with Crippen LogP contribution >= 0.6 is 23.4 Å². The van der Waals surface area contributed by atoms with Gasteiger partial charge in [-0.25, -0.2) is 4.99 Å². The zero-order valence-electron chi connectivity index (χ0n) is 13.5. The number of anilines is 1. The molecule has 25 heavy (non-hydrogen) atoms. The van der Waals surface area contributed by atoms with Gasteiger partial charge in [0.25, 0.3) is 0 Å². The lowest BCUT2D eigenvalue weighted by Crippen LogP contribution is -2.28. The fourth-order valence-corrected chi connectivity index (χ4v) is 3.42. The molecule has 5 nitrogen and oxygen atoms in total. The Balaban J connectivity index is 1.62. The maximum Gasteiger partial charge on any atom is 0.240 e. The predicted molar refractivity (Wildman–Crippen MR) is 102 cm³/mol. The van der Waals surface area contributed by atoms with Gasteiger partial charge in [0.15, 0.2) is 5.17 Å². The van der Waals surface area contributed by atoms with Crippen molar-refractivity contribution in [2.45, 2.75) is 18.6 Å². The van der Waals surface area contributed by atoms with E-state index in [4.69, 9.17) is 11.6 Å². The molecule has 2 amide bonds. The van der Waals surface area contributed by atoms with Crippen molar-refractivity contribution in [2.75, 3.05) is 5.32 Å². The van der Waals surface area contributed by atoms with Gasteiger partial charge in [0.05, 0.1) is 5.69 Å². The molecular weight excluding hydrogens is 358 g/mol. The summed E-state index contributed by atoms with van der Waals surface area (Å²) >= 11 is 7.10. The van der Waals surface area contributed by atoms with Gasteiger partial charge in [-0.15, -0.1) is 0 Å². The fraction of sp³-hybridized carbons (Fsp3) is 0.167. The van der Waals surface area contributed by atoms with Crippen molar-refractivity contribution < 1.29 is 9.59 Å². The van der Waals surface area contributed by atoms with Crippen molar-refractivity contribution >= 4 is 51.7 Å². The van der Waals surface area contributed by atoms with Crippen molar-refractivity contribution in [1.29, 1.82) is 0 Å². The van der Waals surface area contributed by atoms with Crippen molar-refractivity contribution in [1.82, 2.24) is 5.32 Å². The number of amides is 2. The Kier molecular flexibility index (Phi) is 5.40. The third kappa shape index (κ3) is 4.61. The van der Waals surface area contributed by atoms with Crippen LogP contribution in [0.15, 0.2) is 53.5 Å². The number of hydrogen-bond donors (Lipinski definition) is 2. The van der Waals surface area contributed by atoms with E-state index in [9.17, 15) is 9.59 Å². The minimum atomic E-state index is -0.491. The number of carbonyl (C=O) groups excluding carboxylic acids is 2. The molecule has 2 N–H and O–H groups in total. The average Bonchev–Trinajstić information content (AvgIpc) is 2.91. The van der Waals surface area contributed by atoms with E-state index in [1.54, 1.807) is 24.3 Å². The van der Waals surface area contributed by atoms with Crippen LogP contribution in [0.5, 0.6) is 0 Å². The molecular formula is C18H16ClN3O2S. The summed E-state index contributed by atoms with van der Waals surface area (Å²) in [6.07, 6.45) is 0.0878. The molecule has 7 heteroatoms. The van der Waals surface area contributed by atoms with Crippen LogP contribution in [-0.4, -0.2) is 22.2 Å². The number of halogens is 1. The van der Waals surface area contributed by atoms with E-state index in [1.807, 2.05) is 31.2 Å². The predicted octanol–water partition coefficient (Wildman–Crippen LogP) is 3.90. The third-order valence-corrected chi connectivity index (χ3v) is 4.96. The molecule has 1 aliphatic rings. The van der Waals surface area contributed by atoms with Crippen molar-refractivity contribution in [2.24, 2.45) is 4.99 Å². The summed E-state index contributed by atoms with van der Waals surface area (Å²) in [4.78, 5) is 28.6. The molecule has 1 atom stereocenters. The molecule has 0 radical (unpaired) electrons. The van der Waals surface area contributed by atoms with Gasteiger partial charge in [-0.2, -0.15) is 0 Å². The number of benzene rings is 2. The van der Waals surface area contributed by atoms with Gasteiger partial charge >= 0.3 is 0 Å². The number of carbonyl (C=O) groups is 2. The second kappa shape index (κ2) is 7.72. The summed E-state index contributed by atoms with van der Waals surface area (Å²) in [5, 5.41) is 6.17. The summed E-state index contributed by atoms with van der Waals surface area (Å²) in [6, 6.07) is 14.5. The Hall–Kier alpha value is -2.31. The standard InChI is InChI=1S/C18H16ClN3O2S/c1-11-4-2-3-5-14(11)21-16(23)10-15-17(24)22-18(25-15)20-13-8-6-12(19)7-9-13/h2-9,15H,10H2,1H3,(H,21,23)(H,20,22,24)/t15-/m0/s1.